The van der Waals surface area contributed by atoms with Crippen molar-refractivity contribution < 1.29 is 19.4 Å². The van der Waals surface area contributed by atoms with E-state index in [1.807, 2.05) is 60.7 Å². The van der Waals surface area contributed by atoms with Crippen molar-refractivity contribution in [3.05, 3.63) is 71.8 Å². The van der Waals surface area contributed by atoms with Crippen molar-refractivity contribution in [2.45, 2.75) is 63.1 Å². The molecule has 5 nitrogen and oxygen atoms in total. The van der Waals surface area contributed by atoms with Gasteiger partial charge in [-0.3, -0.25) is 4.90 Å². The van der Waals surface area contributed by atoms with Crippen LogP contribution in [-0.4, -0.2) is 48.2 Å². The second-order valence-electron chi connectivity index (χ2n) is 9.69. The number of benzene rings is 2. The molecule has 3 rings (SSSR count). The van der Waals surface area contributed by atoms with Crippen molar-refractivity contribution in [2.24, 2.45) is 0 Å². The number of nitrogens with zero attached hydrogens (tertiary/aromatic N) is 1. The van der Waals surface area contributed by atoms with Crippen molar-refractivity contribution in [1.82, 2.24) is 4.90 Å². The third-order valence-electron chi connectivity index (χ3n) is 6.69. The maximum atomic E-state index is 12.2. The summed E-state index contributed by atoms with van der Waals surface area (Å²) in [4.78, 5) is 13.6. The maximum absolute atomic E-state index is 12.2. The molecule has 1 aliphatic rings. The Morgan fingerprint density at radius 2 is 1.47 bits per heavy atom. The Bertz CT molecular complexity index is 824. The third-order valence-corrected chi connectivity index (χ3v) is 11.2. The molecule has 0 spiro atoms. The van der Waals surface area contributed by atoms with E-state index in [1.165, 1.54) is 4.90 Å². The van der Waals surface area contributed by atoms with Gasteiger partial charge in [0.15, 0.2) is 8.32 Å². The Morgan fingerprint density at radius 1 is 1.00 bits per heavy atom. The molecule has 6 heteroatoms. The summed E-state index contributed by atoms with van der Waals surface area (Å²) in [6.45, 7) is 11.1. The maximum Gasteiger partial charge on any atom is 0.407 e. The second kappa shape index (κ2) is 8.17. The first-order valence-corrected chi connectivity index (χ1v) is 13.4. The van der Waals surface area contributed by atoms with Crippen LogP contribution in [0.5, 0.6) is 0 Å². The average molecular weight is 428 g/mol. The van der Waals surface area contributed by atoms with Gasteiger partial charge in [0.2, 0.25) is 0 Å². The highest BCUT2D eigenvalue weighted by atomic mass is 28.4. The van der Waals surface area contributed by atoms with E-state index in [9.17, 15) is 15.0 Å². The topological polar surface area (TPSA) is 70.0 Å². The molecule has 1 saturated heterocycles. The number of hydrogen-bond donors (Lipinski definition) is 2. The summed E-state index contributed by atoms with van der Waals surface area (Å²) in [5.74, 6) is 0. The quantitative estimate of drug-likeness (QED) is 0.654. The molecule has 0 aromatic heterocycles. The number of carbonyl (C=O) groups is 1. The van der Waals surface area contributed by atoms with Gasteiger partial charge in [0.25, 0.3) is 0 Å². The van der Waals surface area contributed by atoms with Crippen LogP contribution in [0.3, 0.4) is 0 Å². The second-order valence-corrected chi connectivity index (χ2v) is 14.4. The molecular weight excluding hydrogens is 394 g/mol. The van der Waals surface area contributed by atoms with E-state index in [0.29, 0.717) is 17.5 Å². The van der Waals surface area contributed by atoms with Crippen molar-refractivity contribution in [2.75, 3.05) is 6.54 Å². The minimum Gasteiger partial charge on any atom is -0.465 e. The van der Waals surface area contributed by atoms with Crippen LogP contribution in [0.25, 0.3) is 0 Å². The van der Waals surface area contributed by atoms with E-state index < -0.39 is 26.1 Å². The summed E-state index contributed by atoms with van der Waals surface area (Å²) in [6, 6.07) is 18.0. The fourth-order valence-electron chi connectivity index (χ4n) is 4.02. The molecular formula is C24H33NO4Si. The number of aliphatic hydroxyl groups is 1. The van der Waals surface area contributed by atoms with Gasteiger partial charge in [0, 0.05) is 6.54 Å². The molecule has 2 aromatic carbocycles. The lowest BCUT2D eigenvalue weighted by molar-refractivity contribution is 0.000274. The van der Waals surface area contributed by atoms with Crippen molar-refractivity contribution in [3.63, 3.8) is 0 Å². The molecule has 2 atom stereocenters. The Labute approximate surface area is 180 Å². The molecule has 1 amide bonds. The molecule has 0 saturated carbocycles. The molecule has 162 valence electrons. The van der Waals surface area contributed by atoms with Gasteiger partial charge in [0.1, 0.15) is 5.60 Å². The van der Waals surface area contributed by atoms with Crippen LogP contribution in [0.15, 0.2) is 60.7 Å². The Kier molecular flexibility index (Phi) is 6.14. The van der Waals surface area contributed by atoms with Crippen LogP contribution in [0, 0.1) is 0 Å². The first-order chi connectivity index (χ1) is 14.0. The van der Waals surface area contributed by atoms with E-state index in [1.54, 1.807) is 0 Å². The van der Waals surface area contributed by atoms with E-state index >= 15 is 0 Å². The predicted octanol–water partition coefficient (Wildman–Crippen LogP) is 5.07. The largest absolute Gasteiger partial charge is 0.465 e. The van der Waals surface area contributed by atoms with Crippen molar-refractivity contribution >= 4 is 14.4 Å². The minimum absolute atomic E-state index is 0.0221. The predicted molar refractivity (Wildman–Crippen MR) is 121 cm³/mol. The molecule has 2 N–H and O–H groups in total. The smallest absolute Gasteiger partial charge is 0.407 e. The monoisotopic (exact) mass is 427 g/mol. The van der Waals surface area contributed by atoms with Crippen LogP contribution in [0.4, 0.5) is 4.79 Å². The fourth-order valence-corrected chi connectivity index (χ4v) is 5.38. The molecule has 0 bridgehead atoms. The SMILES string of the molecule is CC(C)(C)[Si](C)(C)O[C@H]1C[C@@H](C(O)(c2ccccc2)c2ccccc2)N(C(=O)O)C1. The molecule has 0 unspecified atom stereocenters. The van der Waals surface area contributed by atoms with Crippen LogP contribution in [0.2, 0.25) is 18.1 Å². The number of carboxylic acid groups (broad SMARTS) is 1. The Morgan fingerprint density at radius 3 is 1.87 bits per heavy atom. The summed E-state index contributed by atoms with van der Waals surface area (Å²) in [7, 11) is -2.08. The van der Waals surface area contributed by atoms with Gasteiger partial charge >= 0.3 is 6.09 Å². The van der Waals surface area contributed by atoms with Gasteiger partial charge < -0.3 is 14.6 Å². The highest BCUT2D eigenvalue weighted by Crippen LogP contribution is 2.43. The molecule has 1 fully saturated rings. The number of likely N-dealkylation sites (tertiary alicyclic amines) is 1. The zero-order valence-electron chi connectivity index (χ0n) is 18.5. The normalized spacial score (nSPS) is 20.4. The lowest BCUT2D eigenvalue weighted by atomic mass is 9.79. The first-order valence-electron chi connectivity index (χ1n) is 10.5. The van der Waals surface area contributed by atoms with Gasteiger partial charge in [-0.1, -0.05) is 81.4 Å². The highest BCUT2D eigenvalue weighted by molar-refractivity contribution is 6.74. The van der Waals surface area contributed by atoms with Gasteiger partial charge in [-0.2, -0.15) is 0 Å². The van der Waals surface area contributed by atoms with Crippen LogP contribution in [-0.2, 0) is 10.0 Å². The Balaban J connectivity index is 2.03. The van der Waals surface area contributed by atoms with E-state index in [2.05, 4.69) is 33.9 Å². The van der Waals surface area contributed by atoms with E-state index in [0.717, 1.165) is 0 Å². The van der Waals surface area contributed by atoms with Gasteiger partial charge in [-0.05, 0) is 35.7 Å². The minimum atomic E-state index is -2.08. The molecule has 1 heterocycles. The summed E-state index contributed by atoms with van der Waals surface area (Å²) in [5.41, 5.74) is -0.104. The van der Waals surface area contributed by atoms with Gasteiger partial charge in [-0.25, -0.2) is 4.79 Å². The van der Waals surface area contributed by atoms with Crippen LogP contribution in [0.1, 0.15) is 38.3 Å². The third kappa shape index (κ3) is 4.17. The lowest BCUT2D eigenvalue weighted by Crippen LogP contribution is -2.50. The molecule has 2 aromatic rings. The molecule has 0 radical (unpaired) electrons. The van der Waals surface area contributed by atoms with Crippen molar-refractivity contribution in [1.29, 1.82) is 0 Å². The van der Waals surface area contributed by atoms with Gasteiger partial charge in [-0.15, -0.1) is 0 Å². The zero-order valence-corrected chi connectivity index (χ0v) is 19.5. The highest BCUT2D eigenvalue weighted by Gasteiger charge is 2.52. The molecule has 1 aliphatic heterocycles. The lowest BCUT2D eigenvalue weighted by Gasteiger charge is -2.39. The fraction of sp³-hybridized carbons (Fsp3) is 0.458. The summed E-state index contributed by atoms with van der Waals surface area (Å²) < 4.78 is 6.56. The summed E-state index contributed by atoms with van der Waals surface area (Å²) >= 11 is 0. The first kappa shape index (κ1) is 22.5. The molecule has 30 heavy (non-hydrogen) atoms. The number of hydrogen-bond acceptors (Lipinski definition) is 3. The van der Waals surface area contributed by atoms with Crippen LogP contribution >= 0.6 is 0 Å². The summed E-state index contributed by atoms with van der Waals surface area (Å²) in [5, 5.41) is 22.1. The zero-order chi connectivity index (χ0) is 22.2. The number of rotatable bonds is 5. The van der Waals surface area contributed by atoms with E-state index in [4.69, 9.17) is 4.43 Å². The van der Waals surface area contributed by atoms with E-state index in [-0.39, 0.29) is 17.7 Å². The van der Waals surface area contributed by atoms with Crippen LogP contribution < -0.4 is 0 Å². The standard InChI is InChI=1S/C24H33NO4Si/c1-23(2,3)30(4,5)29-20-16-21(25(17-20)22(26)27)24(28,18-12-8-6-9-13-18)19-14-10-7-11-15-19/h6-15,20-21,28H,16-17H2,1-5H3,(H,26,27)/t20-,21-/m0/s1. The van der Waals surface area contributed by atoms with Crippen molar-refractivity contribution in [3.8, 4) is 0 Å². The average Bonchev–Trinajstić information content (AvgIpc) is 3.12. The Hall–Kier alpha value is -2.15. The summed E-state index contributed by atoms with van der Waals surface area (Å²) in [6.07, 6.45) is -0.836. The number of amides is 1. The molecule has 0 aliphatic carbocycles. The van der Waals surface area contributed by atoms with Gasteiger partial charge in [0.05, 0.1) is 12.1 Å².